The third kappa shape index (κ3) is 3.32. The predicted molar refractivity (Wildman–Crippen MR) is 92.1 cm³/mol. The number of hydrogen-bond acceptors (Lipinski definition) is 3. The number of rotatable bonds is 3. The Morgan fingerprint density at radius 2 is 1.83 bits per heavy atom. The number of carbonyl (C=O) groups is 2. The Morgan fingerprint density at radius 1 is 1.12 bits per heavy atom. The summed E-state index contributed by atoms with van der Waals surface area (Å²) in [5, 5.41) is 7.04. The third-order valence-corrected chi connectivity index (χ3v) is 4.28. The average Bonchev–Trinajstić information content (AvgIpc) is 2.94. The summed E-state index contributed by atoms with van der Waals surface area (Å²) in [6.07, 6.45) is 3.24. The smallest absolute Gasteiger partial charge is 0.273 e. The second-order valence-electron chi connectivity index (χ2n) is 6.15. The maximum atomic E-state index is 12.8. The van der Waals surface area contributed by atoms with Crippen molar-refractivity contribution in [1.82, 2.24) is 14.7 Å². The molecule has 1 aromatic carbocycles. The van der Waals surface area contributed by atoms with Gasteiger partial charge >= 0.3 is 0 Å². The largest absolute Gasteiger partial charge is 0.339 e. The molecule has 6 nitrogen and oxygen atoms in total. The maximum Gasteiger partial charge on any atom is 0.273 e. The van der Waals surface area contributed by atoms with Crippen molar-refractivity contribution in [2.24, 2.45) is 7.05 Å². The summed E-state index contributed by atoms with van der Waals surface area (Å²) in [5.41, 5.74) is 2.32. The number of carbonyl (C=O) groups excluding carboxylic acids is 2. The van der Waals surface area contributed by atoms with E-state index in [0.29, 0.717) is 16.9 Å². The highest BCUT2D eigenvalue weighted by molar-refractivity contribution is 6.08. The standard InChI is InChI=1S/C18H22N4O2/c1-13-12-16(21(2)20-13)17(23)19-15-9-5-4-8-14(15)18(24)22-10-6-3-7-11-22/h4-5,8-9,12H,3,6-7,10-11H2,1-2H3,(H,19,23). The van der Waals surface area contributed by atoms with Crippen LogP contribution in [0.5, 0.6) is 0 Å². The molecule has 2 amide bonds. The van der Waals surface area contributed by atoms with E-state index < -0.39 is 0 Å². The molecule has 0 spiro atoms. The van der Waals surface area contributed by atoms with Crippen LogP contribution in [0.2, 0.25) is 0 Å². The Hall–Kier alpha value is -2.63. The number of piperidine rings is 1. The lowest BCUT2D eigenvalue weighted by Crippen LogP contribution is -2.36. The third-order valence-electron chi connectivity index (χ3n) is 4.28. The number of benzene rings is 1. The van der Waals surface area contributed by atoms with Gasteiger partial charge in [-0.2, -0.15) is 5.10 Å². The Morgan fingerprint density at radius 3 is 2.50 bits per heavy atom. The van der Waals surface area contributed by atoms with Crippen molar-refractivity contribution < 1.29 is 9.59 Å². The molecule has 0 radical (unpaired) electrons. The van der Waals surface area contributed by atoms with Crippen molar-refractivity contribution in [3.05, 3.63) is 47.3 Å². The second kappa shape index (κ2) is 6.86. The molecule has 24 heavy (non-hydrogen) atoms. The first kappa shape index (κ1) is 16.2. The molecule has 2 heterocycles. The zero-order valence-corrected chi connectivity index (χ0v) is 14.1. The topological polar surface area (TPSA) is 67.2 Å². The number of amides is 2. The van der Waals surface area contributed by atoms with Crippen molar-refractivity contribution in [2.45, 2.75) is 26.2 Å². The molecular weight excluding hydrogens is 304 g/mol. The van der Waals surface area contributed by atoms with Gasteiger partial charge in [0, 0.05) is 20.1 Å². The zero-order chi connectivity index (χ0) is 17.1. The van der Waals surface area contributed by atoms with Crippen molar-refractivity contribution in [1.29, 1.82) is 0 Å². The number of aromatic nitrogens is 2. The highest BCUT2D eigenvalue weighted by Crippen LogP contribution is 2.20. The van der Waals surface area contributed by atoms with E-state index in [1.807, 2.05) is 24.0 Å². The summed E-state index contributed by atoms with van der Waals surface area (Å²) >= 11 is 0. The summed E-state index contributed by atoms with van der Waals surface area (Å²) in [6.45, 7) is 3.40. The summed E-state index contributed by atoms with van der Waals surface area (Å²) in [7, 11) is 1.73. The van der Waals surface area contributed by atoms with E-state index in [1.54, 1.807) is 29.9 Å². The Balaban J connectivity index is 1.82. The van der Waals surface area contributed by atoms with Gasteiger partial charge in [-0.1, -0.05) is 12.1 Å². The SMILES string of the molecule is Cc1cc(C(=O)Nc2ccccc2C(=O)N2CCCCC2)n(C)n1. The number of anilines is 1. The van der Waals surface area contributed by atoms with E-state index in [-0.39, 0.29) is 11.8 Å². The number of likely N-dealkylation sites (tertiary alicyclic amines) is 1. The van der Waals surface area contributed by atoms with Crippen LogP contribution in [-0.2, 0) is 7.05 Å². The Bertz CT molecular complexity index is 760. The fraction of sp³-hybridized carbons (Fsp3) is 0.389. The molecule has 3 rings (SSSR count). The van der Waals surface area contributed by atoms with Crippen LogP contribution in [0.1, 0.15) is 45.8 Å². The summed E-state index contributed by atoms with van der Waals surface area (Å²) in [4.78, 5) is 27.1. The first-order valence-electron chi connectivity index (χ1n) is 8.26. The molecule has 0 unspecified atom stereocenters. The number of nitrogens with one attached hydrogen (secondary N) is 1. The molecule has 0 atom stereocenters. The zero-order valence-electron chi connectivity index (χ0n) is 14.1. The fourth-order valence-electron chi connectivity index (χ4n) is 3.06. The van der Waals surface area contributed by atoms with Gasteiger partial charge in [-0.3, -0.25) is 14.3 Å². The summed E-state index contributed by atoms with van der Waals surface area (Å²) < 4.78 is 1.54. The molecule has 1 saturated heterocycles. The monoisotopic (exact) mass is 326 g/mol. The van der Waals surface area contributed by atoms with E-state index in [1.165, 1.54) is 6.42 Å². The lowest BCUT2D eigenvalue weighted by Gasteiger charge is -2.27. The minimum Gasteiger partial charge on any atom is -0.339 e. The van der Waals surface area contributed by atoms with Crippen LogP contribution in [0.15, 0.2) is 30.3 Å². The van der Waals surface area contributed by atoms with E-state index in [9.17, 15) is 9.59 Å². The lowest BCUT2D eigenvalue weighted by atomic mass is 10.1. The Labute approximate surface area is 141 Å². The lowest BCUT2D eigenvalue weighted by molar-refractivity contribution is 0.0725. The van der Waals surface area contributed by atoms with Gasteiger partial charge in [-0.05, 0) is 44.4 Å². The Kier molecular flexibility index (Phi) is 4.64. The van der Waals surface area contributed by atoms with Gasteiger partial charge in [0.2, 0.25) is 0 Å². The first-order chi connectivity index (χ1) is 11.6. The van der Waals surface area contributed by atoms with Gasteiger partial charge in [0.1, 0.15) is 5.69 Å². The fourth-order valence-corrected chi connectivity index (χ4v) is 3.06. The molecule has 1 N–H and O–H groups in total. The van der Waals surface area contributed by atoms with Gasteiger partial charge < -0.3 is 10.2 Å². The maximum absolute atomic E-state index is 12.8. The molecule has 6 heteroatoms. The average molecular weight is 326 g/mol. The van der Waals surface area contributed by atoms with Crippen LogP contribution in [0.4, 0.5) is 5.69 Å². The number of para-hydroxylation sites is 1. The van der Waals surface area contributed by atoms with E-state index in [2.05, 4.69) is 10.4 Å². The highest BCUT2D eigenvalue weighted by Gasteiger charge is 2.22. The number of nitrogens with zero attached hydrogens (tertiary/aromatic N) is 3. The molecular formula is C18H22N4O2. The second-order valence-corrected chi connectivity index (χ2v) is 6.15. The van der Waals surface area contributed by atoms with Gasteiger partial charge in [0.05, 0.1) is 16.9 Å². The molecule has 1 aliphatic heterocycles. The minimum absolute atomic E-state index is 0.0215. The number of aryl methyl sites for hydroxylation is 2. The molecule has 0 saturated carbocycles. The van der Waals surface area contributed by atoms with Crippen molar-refractivity contribution in [2.75, 3.05) is 18.4 Å². The molecule has 1 aliphatic rings. The quantitative estimate of drug-likeness (QED) is 0.943. The van der Waals surface area contributed by atoms with Crippen molar-refractivity contribution in [3.63, 3.8) is 0 Å². The van der Waals surface area contributed by atoms with Crippen LogP contribution < -0.4 is 5.32 Å². The molecule has 0 bridgehead atoms. The van der Waals surface area contributed by atoms with Gasteiger partial charge in [0.15, 0.2) is 0 Å². The number of hydrogen-bond donors (Lipinski definition) is 1. The minimum atomic E-state index is -0.267. The van der Waals surface area contributed by atoms with Crippen LogP contribution >= 0.6 is 0 Å². The summed E-state index contributed by atoms with van der Waals surface area (Å²) in [5.74, 6) is -0.288. The molecule has 0 aliphatic carbocycles. The molecule has 2 aromatic rings. The van der Waals surface area contributed by atoms with Gasteiger partial charge in [-0.15, -0.1) is 0 Å². The van der Waals surface area contributed by atoms with Crippen LogP contribution in [0.3, 0.4) is 0 Å². The van der Waals surface area contributed by atoms with Crippen LogP contribution in [0, 0.1) is 6.92 Å². The van der Waals surface area contributed by atoms with E-state index >= 15 is 0 Å². The van der Waals surface area contributed by atoms with Crippen molar-refractivity contribution in [3.8, 4) is 0 Å². The molecule has 1 fully saturated rings. The molecule has 126 valence electrons. The predicted octanol–water partition coefficient (Wildman–Crippen LogP) is 2.61. The van der Waals surface area contributed by atoms with Gasteiger partial charge in [0.25, 0.3) is 11.8 Å². The van der Waals surface area contributed by atoms with E-state index in [4.69, 9.17) is 0 Å². The van der Waals surface area contributed by atoms with Crippen molar-refractivity contribution >= 4 is 17.5 Å². The van der Waals surface area contributed by atoms with Crippen LogP contribution in [-0.4, -0.2) is 39.6 Å². The summed E-state index contributed by atoms with van der Waals surface area (Å²) in [6, 6.07) is 8.89. The molecule has 1 aromatic heterocycles. The van der Waals surface area contributed by atoms with E-state index in [0.717, 1.165) is 31.6 Å². The van der Waals surface area contributed by atoms with Crippen LogP contribution in [0.25, 0.3) is 0 Å². The van der Waals surface area contributed by atoms with Gasteiger partial charge in [-0.25, -0.2) is 0 Å². The normalized spacial score (nSPS) is 14.5. The first-order valence-corrected chi connectivity index (χ1v) is 8.26. The highest BCUT2D eigenvalue weighted by atomic mass is 16.2.